The van der Waals surface area contributed by atoms with E-state index in [9.17, 15) is 14.7 Å². The molecule has 2 aromatic carbocycles. The van der Waals surface area contributed by atoms with Gasteiger partial charge in [0, 0.05) is 0 Å². The summed E-state index contributed by atoms with van der Waals surface area (Å²) in [6.45, 7) is 0. The number of carbonyl (C=O) groups excluding carboxylic acids is 2. The maximum atomic E-state index is 11.6. The summed E-state index contributed by atoms with van der Waals surface area (Å²) in [6.07, 6.45) is 0. The van der Waals surface area contributed by atoms with Gasteiger partial charge in [-0.15, -0.1) is 0 Å². The van der Waals surface area contributed by atoms with Gasteiger partial charge in [-0.1, -0.05) is 30.3 Å². The van der Waals surface area contributed by atoms with Crippen LogP contribution < -0.4 is 6.15 Å². The van der Waals surface area contributed by atoms with Crippen molar-refractivity contribution in [3.8, 4) is 5.75 Å². The van der Waals surface area contributed by atoms with Crippen LogP contribution in [-0.4, -0.2) is 54.8 Å². The van der Waals surface area contributed by atoms with E-state index in [1.807, 2.05) is 0 Å². The Hall–Kier alpha value is -1.40. The van der Waals surface area contributed by atoms with Gasteiger partial charge in [0.1, 0.15) is 11.3 Å². The molecule has 0 aromatic heterocycles. The molecule has 5 nitrogen and oxygen atoms in total. The molecule has 2 rings (SSSR count). The number of esters is 2. The van der Waals surface area contributed by atoms with Crippen molar-refractivity contribution in [1.82, 2.24) is 6.15 Å². The van der Waals surface area contributed by atoms with Crippen molar-refractivity contribution in [1.29, 1.82) is 0 Å². The summed E-state index contributed by atoms with van der Waals surface area (Å²) in [5.41, 5.74) is 0.239. The summed E-state index contributed by atoms with van der Waals surface area (Å²) >= 11 is 0. The van der Waals surface area contributed by atoms with E-state index in [2.05, 4.69) is 4.74 Å². The van der Waals surface area contributed by atoms with Gasteiger partial charge in [0.25, 0.3) is 0 Å². The maximum absolute atomic E-state index is 11.6. The zero-order valence-electron chi connectivity index (χ0n) is 12.8. The normalized spacial score (nSPS) is 8.80. The number of benzene rings is 2. The molecule has 0 amide bonds. The minimum Gasteiger partial charge on any atom is -1.00 e. The molecule has 0 aliphatic carbocycles. The second kappa shape index (κ2) is 8.71. The third kappa shape index (κ3) is 4.61. The number of para-hydroxylation sites is 1. The van der Waals surface area contributed by atoms with Crippen molar-refractivity contribution in [2.45, 2.75) is 0 Å². The van der Waals surface area contributed by atoms with Gasteiger partial charge in [-0.2, -0.15) is 0 Å². The molecule has 0 spiro atoms. The summed E-state index contributed by atoms with van der Waals surface area (Å²) in [4.78, 5) is 23.3. The molecule has 0 aliphatic heterocycles. The number of rotatable bonds is 2. The van der Waals surface area contributed by atoms with Crippen molar-refractivity contribution in [2.75, 3.05) is 0 Å². The summed E-state index contributed by atoms with van der Waals surface area (Å²) in [5, 5.41) is 9.45. The fourth-order valence-electron chi connectivity index (χ4n) is 1.42. The van der Waals surface area contributed by atoms with Crippen molar-refractivity contribution < 1.29 is 22.3 Å². The van der Waals surface area contributed by atoms with E-state index in [0.717, 1.165) is 0 Å². The Balaban J connectivity index is -0.000000902. The van der Waals surface area contributed by atoms with Crippen LogP contribution in [0.1, 0.15) is 23.6 Å². The minimum absolute atomic E-state index is 0. The fourth-order valence-corrected chi connectivity index (χ4v) is 1.42. The predicted octanol–water partition coefficient (Wildman–Crippen LogP) is 2.40. The van der Waals surface area contributed by atoms with E-state index in [0.29, 0.717) is 0 Å². The van der Waals surface area contributed by atoms with Crippen LogP contribution in [0.3, 0.4) is 0 Å². The third-order valence-electron chi connectivity index (χ3n) is 2.32. The molecule has 0 fully saturated rings. The average Bonchev–Trinajstić information content (AvgIpc) is 2.40. The number of hydrogen-bond acceptors (Lipinski definition) is 5. The number of ether oxygens (including phenoxy) is 1. The second-order valence-corrected chi connectivity index (χ2v) is 3.56. The summed E-state index contributed by atoms with van der Waals surface area (Å²) < 4.78 is 4.67. The van der Waals surface area contributed by atoms with Crippen LogP contribution >= 0.6 is 0 Å². The molecule has 4 N–H and O–H groups in total. The molecular formula is C14H15CaNO4. The first-order valence-electron chi connectivity index (χ1n) is 5.28. The number of phenols is 1. The summed E-state index contributed by atoms with van der Waals surface area (Å²) in [6, 6.07) is 14.1. The quantitative estimate of drug-likeness (QED) is 0.504. The van der Waals surface area contributed by atoms with Crippen LogP contribution in [0, 0.1) is 0 Å². The molecule has 0 atom stereocenters. The topological polar surface area (TPSA) is 98.6 Å². The van der Waals surface area contributed by atoms with Crippen LogP contribution in [0.4, 0.5) is 0 Å². The molecule has 0 bridgehead atoms. The van der Waals surface area contributed by atoms with Crippen LogP contribution in [-0.2, 0) is 4.74 Å². The van der Waals surface area contributed by atoms with Gasteiger partial charge < -0.3 is 18.8 Å². The molecule has 0 radical (unpaired) electrons. The van der Waals surface area contributed by atoms with E-state index in [4.69, 9.17) is 0 Å². The van der Waals surface area contributed by atoms with Crippen molar-refractivity contribution in [2.24, 2.45) is 0 Å². The first-order chi connectivity index (χ1) is 8.68. The average molecular weight is 301 g/mol. The van der Waals surface area contributed by atoms with E-state index >= 15 is 0 Å². The van der Waals surface area contributed by atoms with Crippen molar-refractivity contribution in [3.63, 3.8) is 0 Å². The van der Waals surface area contributed by atoms with Gasteiger partial charge in [-0.05, 0) is 24.3 Å². The number of phenolic OH excluding ortho intramolecular Hbond substituents is 1. The molecule has 6 heteroatoms. The Kier molecular flexibility index (Phi) is 8.10. The fraction of sp³-hybridized carbons (Fsp3) is 0. The van der Waals surface area contributed by atoms with Gasteiger partial charge in [-0.3, -0.25) is 0 Å². The summed E-state index contributed by atoms with van der Waals surface area (Å²) in [7, 11) is 0. The first kappa shape index (κ1) is 18.6. The molecule has 0 saturated carbocycles. The van der Waals surface area contributed by atoms with Crippen LogP contribution in [0.5, 0.6) is 5.75 Å². The molecule has 20 heavy (non-hydrogen) atoms. The minimum atomic E-state index is -0.873. The second-order valence-electron chi connectivity index (χ2n) is 3.56. The Morgan fingerprint density at radius 2 is 1.45 bits per heavy atom. The SMILES string of the molecule is N.O=C(OC(=O)c1ccccc1O)c1ccccc1.[Ca+2].[H-].[H-]. The van der Waals surface area contributed by atoms with E-state index in [1.165, 1.54) is 12.1 Å². The molecule has 2 aromatic rings. The van der Waals surface area contributed by atoms with Crippen LogP contribution in [0.2, 0.25) is 0 Å². The predicted molar refractivity (Wildman–Crippen MR) is 77.3 cm³/mol. The zero-order valence-corrected chi connectivity index (χ0v) is 13.0. The molecule has 0 unspecified atom stereocenters. The third-order valence-corrected chi connectivity index (χ3v) is 2.32. The van der Waals surface area contributed by atoms with Gasteiger partial charge in [0.05, 0.1) is 5.56 Å². The smallest absolute Gasteiger partial charge is 1.00 e. The van der Waals surface area contributed by atoms with Gasteiger partial charge >= 0.3 is 49.7 Å². The number of aromatic hydroxyl groups is 1. The monoisotopic (exact) mass is 301 g/mol. The van der Waals surface area contributed by atoms with Crippen LogP contribution in [0.25, 0.3) is 0 Å². The Labute approximate surface area is 149 Å². The standard InChI is InChI=1S/C14H10O4.Ca.H3N.2H/c15-12-9-5-4-8-11(12)14(17)18-13(16)10-6-2-1-3-7-10;;;;/h1-9,15H;;1H3;;/q;+2;;2*-1. The van der Waals surface area contributed by atoms with Gasteiger partial charge in [-0.25, -0.2) is 9.59 Å². The molecule has 0 heterocycles. The number of hydrogen-bond donors (Lipinski definition) is 2. The van der Waals surface area contributed by atoms with Crippen molar-refractivity contribution in [3.05, 3.63) is 65.7 Å². The summed E-state index contributed by atoms with van der Waals surface area (Å²) in [5.74, 6) is -1.84. The molecule has 102 valence electrons. The molecule has 0 aliphatic rings. The van der Waals surface area contributed by atoms with Gasteiger partial charge in [0.15, 0.2) is 0 Å². The first-order valence-corrected chi connectivity index (χ1v) is 5.28. The molecular weight excluding hydrogens is 286 g/mol. The van der Waals surface area contributed by atoms with Gasteiger partial charge in [0.2, 0.25) is 0 Å². The Morgan fingerprint density at radius 3 is 2.05 bits per heavy atom. The Bertz CT molecular complexity index is 596. The van der Waals surface area contributed by atoms with Crippen molar-refractivity contribution >= 4 is 49.7 Å². The van der Waals surface area contributed by atoms with E-state index in [-0.39, 0.29) is 63.6 Å². The molecule has 0 saturated heterocycles. The maximum Gasteiger partial charge on any atom is 2.00 e. The zero-order chi connectivity index (χ0) is 13.0. The number of carbonyl (C=O) groups is 2. The van der Waals surface area contributed by atoms with E-state index < -0.39 is 11.9 Å². The van der Waals surface area contributed by atoms with E-state index in [1.54, 1.807) is 42.5 Å². The Morgan fingerprint density at radius 1 is 0.900 bits per heavy atom. The largest absolute Gasteiger partial charge is 2.00 e. The van der Waals surface area contributed by atoms with Crippen LogP contribution in [0.15, 0.2) is 54.6 Å².